The molecule has 2 aliphatic heterocycles. The lowest BCUT2D eigenvalue weighted by Crippen LogP contribution is -2.46. The van der Waals surface area contributed by atoms with Crippen LogP contribution in [0.3, 0.4) is 0 Å². The molecular weight excluding hydrogens is 216 g/mol. The second-order valence-corrected chi connectivity index (χ2v) is 4.69. The van der Waals surface area contributed by atoms with Gasteiger partial charge in [0.15, 0.2) is 0 Å². The van der Waals surface area contributed by atoms with Gasteiger partial charge in [0.05, 0.1) is 19.8 Å². The molecule has 94 valence electrons. The van der Waals surface area contributed by atoms with Gasteiger partial charge in [0.2, 0.25) is 5.91 Å². The van der Waals surface area contributed by atoms with Gasteiger partial charge in [-0.1, -0.05) is 5.92 Å². The van der Waals surface area contributed by atoms with E-state index in [-0.39, 0.29) is 5.92 Å². The second-order valence-electron chi connectivity index (χ2n) is 4.69. The lowest BCUT2D eigenvalue weighted by atomic mass is 9.95. The van der Waals surface area contributed by atoms with Crippen molar-refractivity contribution in [1.29, 1.82) is 0 Å². The maximum atomic E-state index is 12.2. The van der Waals surface area contributed by atoms with Crippen LogP contribution in [0.15, 0.2) is 0 Å². The molecule has 0 aliphatic carbocycles. The number of carbonyl (C=O) groups excluding carboxylic acids is 1. The fourth-order valence-corrected chi connectivity index (χ4v) is 2.51. The molecule has 0 radical (unpaired) electrons. The van der Waals surface area contributed by atoms with E-state index in [0.717, 1.165) is 39.0 Å². The standard InChI is InChI=1S/C13H20N2O2/c1-2-5-14-6-3-12(4-7-14)13(16)15-8-10-17-11-9-15/h1,12H,3-11H2. The molecule has 0 unspecified atom stereocenters. The van der Waals surface area contributed by atoms with Crippen LogP contribution in [0, 0.1) is 18.3 Å². The van der Waals surface area contributed by atoms with Gasteiger partial charge in [0.1, 0.15) is 0 Å². The summed E-state index contributed by atoms with van der Waals surface area (Å²) >= 11 is 0. The Hall–Kier alpha value is -1.05. The van der Waals surface area contributed by atoms with Crippen molar-refractivity contribution in [2.75, 3.05) is 45.9 Å². The summed E-state index contributed by atoms with van der Waals surface area (Å²) in [7, 11) is 0. The number of morpholine rings is 1. The monoisotopic (exact) mass is 236 g/mol. The average Bonchev–Trinajstić information content (AvgIpc) is 2.40. The van der Waals surface area contributed by atoms with Crippen molar-refractivity contribution in [2.24, 2.45) is 5.92 Å². The average molecular weight is 236 g/mol. The van der Waals surface area contributed by atoms with Crippen LogP contribution in [0.25, 0.3) is 0 Å². The molecule has 17 heavy (non-hydrogen) atoms. The molecule has 2 saturated heterocycles. The first-order chi connectivity index (χ1) is 8.31. The quantitative estimate of drug-likeness (QED) is 0.642. The topological polar surface area (TPSA) is 32.8 Å². The van der Waals surface area contributed by atoms with Crippen LogP contribution >= 0.6 is 0 Å². The van der Waals surface area contributed by atoms with Crippen molar-refractivity contribution in [3.05, 3.63) is 0 Å². The molecule has 2 heterocycles. The van der Waals surface area contributed by atoms with Gasteiger partial charge in [-0.2, -0.15) is 0 Å². The summed E-state index contributed by atoms with van der Waals surface area (Å²) < 4.78 is 5.26. The van der Waals surface area contributed by atoms with Crippen molar-refractivity contribution in [3.63, 3.8) is 0 Å². The maximum Gasteiger partial charge on any atom is 0.225 e. The minimum Gasteiger partial charge on any atom is -0.378 e. The number of ether oxygens (including phenoxy) is 1. The van der Waals surface area contributed by atoms with Crippen LogP contribution in [-0.4, -0.2) is 61.6 Å². The first-order valence-electron chi connectivity index (χ1n) is 6.33. The minimum absolute atomic E-state index is 0.196. The first kappa shape index (κ1) is 12.4. The molecule has 0 aromatic heterocycles. The number of carbonyl (C=O) groups is 1. The van der Waals surface area contributed by atoms with Gasteiger partial charge < -0.3 is 9.64 Å². The van der Waals surface area contributed by atoms with E-state index in [1.807, 2.05) is 4.90 Å². The molecular formula is C13H20N2O2. The second kappa shape index (κ2) is 6.04. The van der Waals surface area contributed by atoms with Crippen LogP contribution in [0.4, 0.5) is 0 Å². The summed E-state index contributed by atoms with van der Waals surface area (Å²) in [6, 6.07) is 0. The van der Waals surface area contributed by atoms with Crippen LogP contribution in [0.1, 0.15) is 12.8 Å². The molecule has 0 spiro atoms. The molecule has 2 aliphatic rings. The Labute approximate surface area is 103 Å². The number of hydrogen-bond acceptors (Lipinski definition) is 3. The third kappa shape index (κ3) is 3.21. The lowest BCUT2D eigenvalue weighted by molar-refractivity contribution is -0.141. The molecule has 0 atom stereocenters. The van der Waals surface area contributed by atoms with Gasteiger partial charge >= 0.3 is 0 Å². The largest absolute Gasteiger partial charge is 0.378 e. The van der Waals surface area contributed by atoms with Crippen molar-refractivity contribution < 1.29 is 9.53 Å². The number of piperidine rings is 1. The summed E-state index contributed by atoms with van der Waals surface area (Å²) in [4.78, 5) is 16.4. The number of rotatable bonds is 2. The molecule has 0 bridgehead atoms. The Kier molecular flexibility index (Phi) is 4.41. The van der Waals surface area contributed by atoms with Gasteiger partial charge in [0.25, 0.3) is 0 Å². The van der Waals surface area contributed by atoms with Gasteiger partial charge in [-0.25, -0.2) is 0 Å². The van der Waals surface area contributed by atoms with Crippen molar-refractivity contribution in [2.45, 2.75) is 12.8 Å². The minimum atomic E-state index is 0.196. The van der Waals surface area contributed by atoms with Crippen molar-refractivity contribution >= 4 is 5.91 Å². The molecule has 0 aromatic carbocycles. The highest BCUT2D eigenvalue weighted by Gasteiger charge is 2.28. The van der Waals surface area contributed by atoms with E-state index in [1.165, 1.54) is 0 Å². The maximum absolute atomic E-state index is 12.2. The summed E-state index contributed by atoms with van der Waals surface area (Å²) in [5, 5.41) is 0. The SMILES string of the molecule is C#CCN1CCC(C(=O)N2CCOCC2)CC1. The van der Waals surface area contributed by atoms with E-state index in [2.05, 4.69) is 10.8 Å². The Balaban J connectivity index is 1.79. The summed E-state index contributed by atoms with van der Waals surface area (Å²) in [6.07, 6.45) is 7.17. The van der Waals surface area contributed by atoms with Crippen LogP contribution < -0.4 is 0 Å². The highest BCUT2D eigenvalue weighted by molar-refractivity contribution is 5.79. The summed E-state index contributed by atoms with van der Waals surface area (Å²) in [6.45, 7) is 5.48. The lowest BCUT2D eigenvalue weighted by Gasteiger charge is -2.34. The fraction of sp³-hybridized carbons (Fsp3) is 0.769. The number of amides is 1. The molecule has 0 aromatic rings. The molecule has 1 amide bonds. The van der Waals surface area contributed by atoms with Gasteiger partial charge in [-0.3, -0.25) is 9.69 Å². The highest BCUT2D eigenvalue weighted by Crippen LogP contribution is 2.19. The van der Waals surface area contributed by atoms with E-state index in [4.69, 9.17) is 11.2 Å². The van der Waals surface area contributed by atoms with Gasteiger partial charge in [-0.15, -0.1) is 6.42 Å². The molecule has 2 fully saturated rings. The fourth-order valence-electron chi connectivity index (χ4n) is 2.51. The zero-order valence-electron chi connectivity index (χ0n) is 10.2. The Morgan fingerprint density at radius 2 is 1.88 bits per heavy atom. The smallest absolute Gasteiger partial charge is 0.225 e. The zero-order valence-corrected chi connectivity index (χ0v) is 10.2. The number of terminal acetylenes is 1. The van der Waals surface area contributed by atoms with Crippen molar-refractivity contribution in [1.82, 2.24) is 9.80 Å². The highest BCUT2D eigenvalue weighted by atomic mass is 16.5. The number of hydrogen-bond donors (Lipinski definition) is 0. The normalized spacial score (nSPS) is 23.4. The van der Waals surface area contributed by atoms with Crippen LogP contribution in [0.5, 0.6) is 0 Å². The van der Waals surface area contributed by atoms with Crippen LogP contribution in [0.2, 0.25) is 0 Å². The zero-order chi connectivity index (χ0) is 12.1. The predicted molar refractivity (Wildman–Crippen MR) is 65.4 cm³/mol. The summed E-state index contributed by atoms with van der Waals surface area (Å²) in [5.74, 6) is 3.17. The molecule has 2 rings (SSSR count). The third-order valence-electron chi connectivity index (χ3n) is 3.57. The number of likely N-dealkylation sites (tertiary alicyclic amines) is 1. The molecule has 0 saturated carbocycles. The molecule has 4 nitrogen and oxygen atoms in total. The van der Waals surface area contributed by atoms with E-state index < -0.39 is 0 Å². The van der Waals surface area contributed by atoms with Gasteiger partial charge in [0, 0.05) is 19.0 Å². The Morgan fingerprint density at radius 3 is 2.47 bits per heavy atom. The third-order valence-corrected chi connectivity index (χ3v) is 3.57. The summed E-state index contributed by atoms with van der Waals surface area (Å²) in [5.41, 5.74) is 0. The van der Waals surface area contributed by atoms with E-state index in [1.54, 1.807) is 0 Å². The predicted octanol–water partition coefficient (Wildman–Crippen LogP) is 0.190. The number of nitrogens with zero attached hydrogens (tertiary/aromatic N) is 2. The molecule has 0 N–H and O–H groups in total. The van der Waals surface area contributed by atoms with Gasteiger partial charge in [-0.05, 0) is 25.9 Å². The van der Waals surface area contributed by atoms with Crippen LogP contribution in [-0.2, 0) is 9.53 Å². The van der Waals surface area contributed by atoms with E-state index >= 15 is 0 Å². The van der Waals surface area contributed by atoms with E-state index in [0.29, 0.717) is 25.7 Å². The molecule has 4 heteroatoms. The Bertz CT molecular complexity index is 297. The first-order valence-corrected chi connectivity index (χ1v) is 6.33. The Morgan fingerprint density at radius 1 is 1.24 bits per heavy atom. The van der Waals surface area contributed by atoms with Crippen molar-refractivity contribution in [3.8, 4) is 12.3 Å². The van der Waals surface area contributed by atoms with E-state index in [9.17, 15) is 4.79 Å².